The van der Waals surface area contributed by atoms with Gasteiger partial charge < -0.3 is 19.2 Å². The molecule has 0 saturated heterocycles. The van der Waals surface area contributed by atoms with Crippen molar-refractivity contribution in [2.75, 3.05) is 7.11 Å². The molecule has 0 atom stereocenters. The Morgan fingerprint density at radius 1 is 0.808 bits per heavy atom. The molecule has 0 aromatic heterocycles. The lowest BCUT2D eigenvalue weighted by atomic mass is 9.75. The van der Waals surface area contributed by atoms with Crippen molar-refractivity contribution in [2.24, 2.45) is 0 Å². The molecule has 0 aliphatic carbocycles. The van der Waals surface area contributed by atoms with E-state index in [9.17, 15) is 5.11 Å². The lowest BCUT2D eigenvalue weighted by Crippen LogP contribution is -2.39. The minimum Gasteiger partial charge on any atom is -0.519 e. The van der Waals surface area contributed by atoms with Crippen molar-refractivity contribution in [1.29, 1.82) is 0 Å². The molecule has 0 fully saturated rings. The van der Waals surface area contributed by atoms with Crippen molar-refractivity contribution in [1.82, 2.24) is 0 Å². The summed E-state index contributed by atoms with van der Waals surface area (Å²) in [5, 5.41) is 13.9. The Morgan fingerprint density at radius 3 is 2.15 bits per heavy atom. The van der Waals surface area contributed by atoms with Gasteiger partial charge in [0.1, 0.15) is 23.0 Å². The van der Waals surface area contributed by atoms with Crippen molar-refractivity contribution in [2.45, 2.75) is 0 Å². The predicted molar refractivity (Wildman–Crippen MR) is 103 cm³/mol. The molecule has 0 saturated carbocycles. The second-order valence-electron chi connectivity index (χ2n) is 6.24. The van der Waals surface area contributed by atoms with Crippen LogP contribution >= 0.6 is 0 Å². The average molecular weight is 342 g/mol. The van der Waals surface area contributed by atoms with Crippen LogP contribution in [0.15, 0.2) is 66.7 Å². The Kier molecular flexibility index (Phi) is 3.22. The second-order valence-corrected chi connectivity index (χ2v) is 6.24. The van der Waals surface area contributed by atoms with Gasteiger partial charge in [-0.25, -0.2) is 0 Å². The van der Waals surface area contributed by atoms with Crippen LogP contribution in [0.5, 0.6) is 23.0 Å². The molecule has 4 aromatic rings. The molecule has 4 aromatic carbocycles. The summed E-state index contributed by atoms with van der Waals surface area (Å²) in [6, 6.07) is 21.1. The van der Waals surface area contributed by atoms with Crippen LogP contribution in [0.3, 0.4) is 0 Å². The predicted octanol–water partition coefficient (Wildman–Crippen LogP) is 3.87. The fourth-order valence-corrected chi connectivity index (χ4v) is 3.62. The summed E-state index contributed by atoms with van der Waals surface area (Å²) >= 11 is 0. The fraction of sp³-hybridized carbons (Fsp3) is 0.0476. The van der Waals surface area contributed by atoms with Gasteiger partial charge in [-0.05, 0) is 35.0 Å². The highest BCUT2D eigenvalue weighted by molar-refractivity contribution is 6.67. The number of fused-ring (bicyclic) bond motifs is 3. The van der Waals surface area contributed by atoms with Gasteiger partial charge in [0.15, 0.2) is 0 Å². The quantitative estimate of drug-likeness (QED) is 0.444. The van der Waals surface area contributed by atoms with Crippen LogP contribution in [0.4, 0.5) is 0 Å². The van der Waals surface area contributed by atoms with Gasteiger partial charge in [-0.3, -0.25) is 0 Å². The van der Waals surface area contributed by atoms with Gasteiger partial charge in [0, 0.05) is 10.8 Å². The van der Waals surface area contributed by atoms with E-state index >= 15 is 0 Å². The van der Waals surface area contributed by atoms with Crippen molar-refractivity contribution < 1.29 is 19.2 Å². The normalized spacial score (nSPS) is 12.7. The molecule has 0 spiro atoms. The molecule has 0 bridgehead atoms. The van der Waals surface area contributed by atoms with E-state index in [0.29, 0.717) is 11.1 Å². The standard InChI is InChI=1S/C21H15BO4/c1-24-21-19-13(12-14-7-5-9-16(23)20(14)21)6-4-8-15(19)22-25-17-10-2-3-11-18(17)26-22/h2-12,23H,1H3. The molecule has 1 heterocycles. The number of benzene rings is 4. The molecule has 1 N–H and O–H groups in total. The Morgan fingerprint density at radius 2 is 1.46 bits per heavy atom. The second kappa shape index (κ2) is 5.59. The number of ether oxygens (including phenoxy) is 1. The van der Waals surface area contributed by atoms with Gasteiger partial charge >= 0.3 is 7.12 Å². The Hall–Kier alpha value is -3.34. The van der Waals surface area contributed by atoms with E-state index in [0.717, 1.165) is 33.1 Å². The third-order valence-electron chi connectivity index (χ3n) is 4.74. The Labute approximate surface area is 150 Å². The van der Waals surface area contributed by atoms with Crippen molar-refractivity contribution in [3.05, 3.63) is 66.7 Å². The zero-order valence-electron chi connectivity index (χ0n) is 14.1. The van der Waals surface area contributed by atoms with Crippen molar-refractivity contribution in [3.63, 3.8) is 0 Å². The van der Waals surface area contributed by atoms with E-state index in [1.807, 2.05) is 60.7 Å². The number of hydrogen-bond acceptors (Lipinski definition) is 4. The summed E-state index contributed by atoms with van der Waals surface area (Å²) in [5.74, 6) is 2.25. The van der Waals surface area contributed by atoms with Crippen LogP contribution in [0.25, 0.3) is 21.5 Å². The Bertz CT molecular complexity index is 1130. The maximum absolute atomic E-state index is 10.4. The van der Waals surface area contributed by atoms with Crippen LogP contribution in [-0.2, 0) is 0 Å². The first-order chi connectivity index (χ1) is 12.8. The van der Waals surface area contributed by atoms with Crippen LogP contribution < -0.4 is 19.5 Å². The molecule has 1 aliphatic rings. The molecule has 0 amide bonds. The highest BCUT2D eigenvalue weighted by atomic mass is 16.6. The number of rotatable bonds is 2. The molecule has 1 aliphatic heterocycles. The number of para-hydroxylation sites is 2. The van der Waals surface area contributed by atoms with Crippen LogP contribution in [0, 0.1) is 0 Å². The summed E-state index contributed by atoms with van der Waals surface area (Å²) in [4.78, 5) is 0. The summed E-state index contributed by atoms with van der Waals surface area (Å²) < 4.78 is 17.7. The van der Waals surface area contributed by atoms with Gasteiger partial charge in [0.2, 0.25) is 0 Å². The number of phenolic OH excluding ortho intramolecular Hbond substituents is 1. The molecular weight excluding hydrogens is 327 g/mol. The largest absolute Gasteiger partial charge is 0.633 e. The monoisotopic (exact) mass is 342 g/mol. The molecular formula is C21H15BO4. The van der Waals surface area contributed by atoms with Gasteiger partial charge in [-0.15, -0.1) is 0 Å². The van der Waals surface area contributed by atoms with Crippen molar-refractivity contribution in [3.8, 4) is 23.0 Å². The van der Waals surface area contributed by atoms with E-state index < -0.39 is 7.12 Å². The van der Waals surface area contributed by atoms with Crippen LogP contribution in [-0.4, -0.2) is 19.3 Å². The fourth-order valence-electron chi connectivity index (χ4n) is 3.62. The Balaban J connectivity index is 1.78. The van der Waals surface area contributed by atoms with E-state index in [1.54, 1.807) is 13.2 Å². The summed E-state index contributed by atoms with van der Waals surface area (Å²) in [6.07, 6.45) is 0. The molecule has 0 unspecified atom stereocenters. The van der Waals surface area contributed by atoms with Gasteiger partial charge in [0.25, 0.3) is 0 Å². The molecule has 5 heteroatoms. The third-order valence-corrected chi connectivity index (χ3v) is 4.74. The lowest BCUT2D eigenvalue weighted by Gasteiger charge is -2.15. The molecule has 4 nitrogen and oxygen atoms in total. The summed E-state index contributed by atoms with van der Waals surface area (Å²) in [7, 11) is 1.05. The number of methoxy groups -OCH3 is 1. The lowest BCUT2D eigenvalue weighted by molar-refractivity contribution is 0.420. The van der Waals surface area contributed by atoms with E-state index in [1.165, 1.54) is 0 Å². The van der Waals surface area contributed by atoms with E-state index in [4.69, 9.17) is 14.0 Å². The zero-order valence-corrected chi connectivity index (χ0v) is 14.1. The minimum atomic E-state index is -0.562. The first-order valence-electron chi connectivity index (χ1n) is 8.40. The third kappa shape index (κ3) is 2.10. The first kappa shape index (κ1) is 15.0. The SMILES string of the molecule is COc1c2c(O)cccc2cc2cccc(B3Oc4ccccc4O3)c12. The van der Waals surface area contributed by atoms with Gasteiger partial charge in [-0.1, -0.05) is 42.5 Å². The molecule has 0 radical (unpaired) electrons. The number of hydrogen-bond donors (Lipinski definition) is 1. The minimum absolute atomic E-state index is 0.188. The maximum atomic E-state index is 10.4. The van der Waals surface area contributed by atoms with Crippen LogP contribution in [0.2, 0.25) is 0 Å². The highest BCUT2D eigenvalue weighted by Gasteiger charge is 2.36. The van der Waals surface area contributed by atoms with Crippen LogP contribution in [0.1, 0.15) is 0 Å². The number of aromatic hydroxyl groups is 1. The van der Waals surface area contributed by atoms with Gasteiger partial charge in [0.05, 0.1) is 12.5 Å². The van der Waals surface area contributed by atoms with E-state index in [-0.39, 0.29) is 5.75 Å². The summed E-state index contributed by atoms with van der Waals surface area (Å²) in [5.41, 5.74) is 0.862. The van der Waals surface area contributed by atoms with E-state index in [2.05, 4.69) is 0 Å². The summed E-state index contributed by atoms with van der Waals surface area (Å²) in [6.45, 7) is 0. The van der Waals surface area contributed by atoms with Crippen molar-refractivity contribution >= 4 is 34.1 Å². The zero-order chi connectivity index (χ0) is 17.7. The van der Waals surface area contributed by atoms with Gasteiger partial charge in [-0.2, -0.15) is 0 Å². The first-order valence-corrected chi connectivity index (χ1v) is 8.40. The highest BCUT2D eigenvalue weighted by Crippen LogP contribution is 2.40. The molecule has 5 rings (SSSR count). The number of phenols is 1. The molecule has 26 heavy (non-hydrogen) atoms. The molecule has 126 valence electrons. The maximum Gasteiger partial charge on any atom is 0.633 e. The average Bonchev–Trinajstić information content (AvgIpc) is 3.10. The topological polar surface area (TPSA) is 47.9 Å². The smallest absolute Gasteiger partial charge is 0.519 e.